The van der Waals surface area contributed by atoms with Gasteiger partial charge in [-0.1, -0.05) is 92.5 Å². The molecule has 0 atom stereocenters. The average Bonchev–Trinajstić information content (AvgIpc) is 3.09. The summed E-state index contributed by atoms with van der Waals surface area (Å²) >= 11 is 6.90. The van der Waals surface area contributed by atoms with Gasteiger partial charge >= 0.3 is 0 Å². The summed E-state index contributed by atoms with van der Waals surface area (Å²) in [6.07, 6.45) is 0. The molecule has 5 aromatic carbocycles. The molecule has 7 rings (SSSR count). The summed E-state index contributed by atoms with van der Waals surface area (Å²) in [4.78, 5) is 37.8. The first-order valence-electron chi connectivity index (χ1n) is 14.5. The zero-order chi connectivity index (χ0) is 31.6. The number of aromatic nitrogens is 2. The van der Waals surface area contributed by atoms with Crippen LogP contribution in [0.3, 0.4) is 0 Å². The molecule has 0 spiro atoms. The highest BCUT2D eigenvalue weighted by Crippen LogP contribution is 2.33. The van der Waals surface area contributed by atoms with Gasteiger partial charge in [-0.15, -0.1) is 0 Å². The van der Waals surface area contributed by atoms with Crippen LogP contribution in [0.2, 0.25) is 0 Å². The molecule has 0 aliphatic carbocycles. The van der Waals surface area contributed by atoms with E-state index in [4.69, 9.17) is 9.97 Å². The lowest BCUT2D eigenvalue weighted by Gasteiger charge is -2.15. The molecule has 0 radical (unpaired) electrons. The number of hydrogen-bond donors (Lipinski definition) is 2. The topological polar surface area (TPSA) is 84.0 Å². The van der Waals surface area contributed by atoms with E-state index in [0.717, 1.165) is 20.1 Å². The van der Waals surface area contributed by atoms with Gasteiger partial charge in [0.05, 0.1) is 33.5 Å². The van der Waals surface area contributed by atoms with Crippen molar-refractivity contribution in [1.29, 1.82) is 0 Å². The normalized spacial score (nSPS) is 11.0. The van der Waals surface area contributed by atoms with Gasteiger partial charge in [-0.2, -0.15) is 0 Å². The molecule has 46 heavy (non-hydrogen) atoms. The van der Waals surface area contributed by atoms with Crippen molar-refractivity contribution in [3.8, 4) is 22.5 Å². The molecule has 0 bridgehead atoms. The Kier molecular flexibility index (Phi) is 8.13. The lowest BCUT2D eigenvalue weighted by atomic mass is 9.98. The molecule has 222 valence electrons. The van der Waals surface area contributed by atoms with Gasteiger partial charge in [-0.05, 0) is 72.8 Å². The van der Waals surface area contributed by atoms with Crippen molar-refractivity contribution < 1.29 is 9.59 Å². The first kappa shape index (κ1) is 29.5. The highest BCUT2D eigenvalue weighted by molar-refractivity contribution is 9.10. The molecule has 0 saturated carbocycles. The standard InChI is InChI=1S/C38H24Br2N4O2/c39-25-11-15-27(16-12-25)41-37(45)31-20-33(23-7-3-1-4-8-23)43-35-22-36-30(19-29(31)35)32(21-34(44-36)24-9-5-2-6-10-24)38(46)42-28-17-13-26(40)14-18-28/h1-22H,(H,41,45)(H,42,46). The number of benzene rings is 5. The molecule has 0 aliphatic heterocycles. The number of nitrogens with zero attached hydrogens (tertiary/aromatic N) is 2. The highest BCUT2D eigenvalue weighted by Gasteiger charge is 2.20. The zero-order valence-electron chi connectivity index (χ0n) is 24.2. The highest BCUT2D eigenvalue weighted by atomic mass is 79.9. The molecule has 0 aliphatic rings. The molecule has 2 heterocycles. The van der Waals surface area contributed by atoms with Crippen LogP contribution in [0.4, 0.5) is 11.4 Å². The van der Waals surface area contributed by atoms with E-state index in [1.807, 2.05) is 121 Å². The maximum Gasteiger partial charge on any atom is 0.256 e. The Hall–Kier alpha value is -5.18. The van der Waals surface area contributed by atoms with E-state index >= 15 is 0 Å². The van der Waals surface area contributed by atoms with Crippen LogP contribution < -0.4 is 10.6 Å². The third-order valence-corrected chi connectivity index (χ3v) is 8.63. The van der Waals surface area contributed by atoms with E-state index in [1.54, 1.807) is 12.1 Å². The maximum absolute atomic E-state index is 13.9. The summed E-state index contributed by atoms with van der Waals surface area (Å²) in [7, 11) is 0. The van der Waals surface area contributed by atoms with Crippen LogP contribution in [-0.4, -0.2) is 21.8 Å². The summed E-state index contributed by atoms with van der Waals surface area (Å²) in [5, 5.41) is 7.26. The number of fused-ring (bicyclic) bond motifs is 2. The summed E-state index contributed by atoms with van der Waals surface area (Å²) < 4.78 is 1.82. The van der Waals surface area contributed by atoms with Crippen LogP contribution in [0.5, 0.6) is 0 Å². The van der Waals surface area contributed by atoms with E-state index in [-0.39, 0.29) is 11.8 Å². The SMILES string of the molecule is O=C(Nc1ccc(Br)cc1)c1cc(-c2ccccc2)nc2cc3nc(-c4ccccc4)cc(C(=O)Nc4ccc(Br)cc4)c3cc12. The van der Waals surface area contributed by atoms with Gasteiger partial charge in [0.1, 0.15) is 0 Å². The smallest absolute Gasteiger partial charge is 0.256 e. The van der Waals surface area contributed by atoms with E-state index in [2.05, 4.69) is 42.5 Å². The lowest BCUT2D eigenvalue weighted by Crippen LogP contribution is -2.14. The third kappa shape index (κ3) is 6.18. The second kappa shape index (κ2) is 12.7. The Morgan fingerprint density at radius 3 is 1.26 bits per heavy atom. The largest absolute Gasteiger partial charge is 0.322 e. The van der Waals surface area contributed by atoms with Crippen LogP contribution in [0.1, 0.15) is 20.7 Å². The Labute approximate surface area is 281 Å². The number of anilines is 2. The molecule has 2 N–H and O–H groups in total. The van der Waals surface area contributed by atoms with Crippen molar-refractivity contribution >= 4 is 76.9 Å². The fourth-order valence-corrected chi connectivity index (χ4v) is 5.83. The molecule has 2 amide bonds. The molecular formula is C38H24Br2N4O2. The number of rotatable bonds is 6. The van der Waals surface area contributed by atoms with Gasteiger partial charge in [-0.3, -0.25) is 9.59 Å². The molecule has 6 nitrogen and oxygen atoms in total. The van der Waals surface area contributed by atoms with Gasteiger partial charge in [-0.25, -0.2) is 9.97 Å². The van der Waals surface area contributed by atoms with Crippen LogP contribution >= 0.6 is 31.9 Å². The monoisotopic (exact) mass is 726 g/mol. The van der Waals surface area contributed by atoms with Gasteiger partial charge in [0, 0.05) is 42.2 Å². The minimum atomic E-state index is -0.291. The van der Waals surface area contributed by atoms with Crippen molar-refractivity contribution in [1.82, 2.24) is 9.97 Å². The quantitative estimate of drug-likeness (QED) is 0.167. The van der Waals surface area contributed by atoms with Crippen LogP contribution in [0.15, 0.2) is 142 Å². The molecular weight excluding hydrogens is 704 g/mol. The fraction of sp³-hybridized carbons (Fsp3) is 0. The van der Waals surface area contributed by atoms with Crippen molar-refractivity contribution in [3.63, 3.8) is 0 Å². The lowest BCUT2D eigenvalue weighted by molar-refractivity contribution is 0.102. The van der Waals surface area contributed by atoms with Crippen LogP contribution in [-0.2, 0) is 0 Å². The number of amides is 2. The first-order valence-corrected chi connectivity index (χ1v) is 16.0. The van der Waals surface area contributed by atoms with E-state index in [1.165, 1.54) is 0 Å². The molecule has 0 unspecified atom stereocenters. The first-order chi connectivity index (χ1) is 22.4. The maximum atomic E-state index is 13.9. The number of carbonyl (C=O) groups excluding carboxylic acids is 2. The summed E-state index contributed by atoms with van der Waals surface area (Å²) in [5.74, 6) is -0.582. The second-order valence-electron chi connectivity index (χ2n) is 10.7. The zero-order valence-corrected chi connectivity index (χ0v) is 27.3. The number of nitrogens with one attached hydrogen (secondary N) is 2. The molecule has 0 fully saturated rings. The predicted octanol–water partition coefficient (Wildman–Crippen LogP) is 10.1. The fourth-order valence-electron chi connectivity index (χ4n) is 5.30. The van der Waals surface area contributed by atoms with E-state index in [0.29, 0.717) is 55.7 Å². The summed E-state index contributed by atoms with van der Waals surface area (Å²) in [6.45, 7) is 0. The molecule has 7 aromatic rings. The van der Waals surface area contributed by atoms with Gasteiger partial charge in [0.15, 0.2) is 0 Å². The van der Waals surface area contributed by atoms with E-state index in [9.17, 15) is 9.59 Å². The average molecular weight is 728 g/mol. The molecule has 8 heteroatoms. The Bertz CT molecular complexity index is 2080. The minimum Gasteiger partial charge on any atom is -0.322 e. The summed E-state index contributed by atoms with van der Waals surface area (Å²) in [5.41, 5.74) is 6.42. The van der Waals surface area contributed by atoms with Crippen molar-refractivity contribution in [2.45, 2.75) is 0 Å². The Morgan fingerprint density at radius 1 is 0.478 bits per heavy atom. The summed E-state index contributed by atoms with van der Waals surface area (Å²) in [6, 6.07) is 41.6. The van der Waals surface area contributed by atoms with Gasteiger partial charge in [0.25, 0.3) is 11.8 Å². The Morgan fingerprint density at radius 2 is 0.870 bits per heavy atom. The predicted molar refractivity (Wildman–Crippen MR) is 192 cm³/mol. The molecule has 2 aromatic heterocycles. The number of pyridine rings is 2. The number of halogens is 2. The van der Waals surface area contributed by atoms with Crippen molar-refractivity contribution in [2.24, 2.45) is 0 Å². The van der Waals surface area contributed by atoms with Crippen LogP contribution in [0, 0.1) is 0 Å². The Balaban J connectivity index is 1.44. The van der Waals surface area contributed by atoms with Crippen LogP contribution in [0.25, 0.3) is 44.3 Å². The second-order valence-corrected chi connectivity index (χ2v) is 12.5. The minimum absolute atomic E-state index is 0.291. The van der Waals surface area contributed by atoms with Crippen molar-refractivity contribution in [3.05, 3.63) is 154 Å². The number of carbonyl (C=O) groups is 2. The van der Waals surface area contributed by atoms with Gasteiger partial charge < -0.3 is 10.6 Å². The molecule has 0 saturated heterocycles. The van der Waals surface area contributed by atoms with E-state index < -0.39 is 0 Å². The third-order valence-electron chi connectivity index (χ3n) is 7.57. The van der Waals surface area contributed by atoms with Gasteiger partial charge in [0.2, 0.25) is 0 Å². The van der Waals surface area contributed by atoms with Crippen molar-refractivity contribution in [2.75, 3.05) is 10.6 Å². The number of hydrogen-bond acceptors (Lipinski definition) is 4.